The number of imidazole rings is 1. The fourth-order valence-electron chi connectivity index (χ4n) is 4.38. The highest BCUT2D eigenvalue weighted by molar-refractivity contribution is 6.09. The van der Waals surface area contributed by atoms with E-state index in [2.05, 4.69) is 45.2 Å². The van der Waals surface area contributed by atoms with Crippen molar-refractivity contribution in [2.45, 2.75) is 20.0 Å². The second-order valence-corrected chi connectivity index (χ2v) is 8.08. The zero-order valence-electron chi connectivity index (χ0n) is 19.0. The molecule has 0 fully saturated rings. The molecule has 10 heteroatoms. The Hall–Kier alpha value is -4.47. The van der Waals surface area contributed by atoms with Gasteiger partial charge in [0, 0.05) is 42.4 Å². The monoisotopic (exact) mass is 457 g/mol. The Morgan fingerprint density at radius 3 is 2.62 bits per heavy atom. The number of carbonyl (C=O) groups excluding carboxylic acids is 1. The van der Waals surface area contributed by atoms with Crippen molar-refractivity contribution in [1.82, 2.24) is 28.7 Å². The van der Waals surface area contributed by atoms with Crippen molar-refractivity contribution in [3.8, 4) is 0 Å². The first-order valence-corrected chi connectivity index (χ1v) is 10.8. The summed E-state index contributed by atoms with van der Waals surface area (Å²) in [4.78, 5) is 41.2. The number of para-hydroxylation sites is 1. The lowest BCUT2D eigenvalue weighted by molar-refractivity contribution is -0.121. The average Bonchev–Trinajstić information content (AvgIpc) is 3.40. The Kier molecular flexibility index (Phi) is 5.12. The van der Waals surface area contributed by atoms with Crippen LogP contribution in [0.3, 0.4) is 0 Å². The van der Waals surface area contributed by atoms with Crippen molar-refractivity contribution in [1.29, 1.82) is 0 Å². The summed E-state index contributed by atoms with van der Waals surface area (Å²) in [6.07, 6.45) is 2.95. The van der Waals surface area contributed by atoms with Crippen molar-refractivity contribution in [2.75, 3.05) is 0 Å². The molecule has 5 rings (SSSR count). The zero-order chi connectivity index (χ0) is 24.0. The van der Waals surface area contributed by atoms with Gasteiger partial charge in [0.2, 0.25) is 0 Å². The summed E-state index contributed by atoms with van der Waals surface area (Å²) >= 11 is 0. The maximum atomic E-state index is 12.5. The predicted octanol–water partition coefficient (Wildman–Crippen LogP) is 1.71. The summed E-state index contributed by atoms with van der Waals surface area (Å²) in [6, 6.07) is 14.3. The van der Waals surface area contributed by atoms with Crippen molar-refractivity contribution in [3.05, 3.63) is 75.2 Å². The van der Waals surface area contributed by atoms with Gasteiger partial charge in [0.1, 0.15) is 6.54 Å². The van der Waals surface area contributed by atoms with Crippen LogP contribution in [0.15, 0.2) is 63.5 Å². The number of nitrogens with zero attached hydrogens (tertiary/aromatic N) is 6. The van der Waals surface area contributed by atoms with Crippen LogP contribution in [0.5, 0.6) is 0 Å². The van der Waals surface area contributed by atoms with Gasteiger partial charge in [-0.05, 0) is 30.7 Å². The Bertz CT molecular complexity index is 1730. The van der Waals surface area contributed by atoms with Gasteiger partial charge in [-0.1, -0.05) is 24.3 Å². The zero-order valence-corrected chi connectivity index (χ0v) is 19.0. The van der Waals surface area contributed by atoms with Gasteiger partial charge in [-0.2, -0.15) is 5.10 Å². The molecule has 0 aliphatic rings. The number of rotatable bonds is 5. The Morgan fingerprint density at radius 1 is 1.06 bits per heavy atom. The second kappa shape index (κ2) is 8.14. The molecule has 0 saturated carbocycles. The van der Waals surface area contributed by atoms with Gasteiger partial charge in [-0.15, -0.1) is 0 Å². The Balaban J connectivity index is 1.38. The van der Waals surface area contributed by atoms with Gasteiger partial charge in [-0.3, -0.25) is 18.7 Å². The summed E-state index contributed by atoms with van der Waals surface area (Å²) in [7, 11) is 2.92. The van der Waals surface area contributed by atoms with E-state index in [-0.39, 0.29) is 17.7 Å². The van der Waals surface area contributed by atoms with E-state index in [4.69, 9.17) is 0 Å². The SMILES string of the molecule is CCn1c2ccccc2c2cc(/C=N\NC(=O)Cn3cnc4c3c(=O)n(C)c(=O)n4C)ccc21. The summed E-state index contributed by atoms with van der Waals surface area (Å²) in [5.41, 5.74) is 5.10. The lowest BCUT2D eigenvalue weighted by Gasteiger charge is -2.06. The van der Waals surface area contributed by atoms with Gasteiger partial charge in [0.25, 0.3) is 11.5 Å². The standard InChI is InChI=1S/C24H23N7O3/c1-4-31-18-8-6-5-7-16(18)17-11-15(9-10-19(17)31)12-26-27-20(32)13-30-14-25-22-21(30)23(33)29(3)24(34)28(22)2/h5-12,14H,4,13H2,1-3H3,(H,27,32)/b26-12-. The fourth-order valence-corrected chi connectivity index (χ4v) is 4.38. The van der Waals surface area contributed by atoms with E-state index in [1.807, 2.05) is 24.3 Å². The van der Waals surface area contributed by atoms with Crippen LogP contribution < -0.4 is 16.7 Å². The number of aromatic nitrogens is 5. The summed E-state index contributed by atoms with van der Waals surface area (Å²) < 4.78 is 5.94. The van der Waals surface area contributed by atoms with E-state index < -0.39 is 17.2 Å². The van der Waals surface area contributed by atoms with Gasteiger partial charge >= 0.3 is 5.69 Å². The normalized spacial score (nSPS) is 11.9. The quantitative estimate of drug-likeness (QED) is 0.320. The van der Waals surface area contributed by atoms with E-state index in [1.165, 1.54) is 40.5 Å². The minimum absolute atomic E-state index is 0.162. The number of carbonyl (C=O) groups is 1. The number of fused-ring (bicyclic) bond motifs is 4. The predicted molar refractivity (Wildman–Crippen MR) is 131 cm³/mol. The molecule has 0 saturated heterocycles. The minimum atomic E-state index is -0.508. The van der Waals surface area contributed by atoms with E-state index in [9.17, 15) is 14.4 Å². The Morgan fingerprint density at radius 2 is 1.82 bits per heavy atom. The highest BCUT2D eigenvalue weighted by atomic mass is 16.2. The molecule has 1 N–H and O–H groups in total. The largest absolute Gasteiger partial charge is 0.341 e. The van der Waals surface area contributed by atoms with E-state index in [0.29, 0.717) is 0 Å². The Labute approximate surface area is 193 Å². The molecule has 0 unspecified atom stereocenters. The highest BCUT2D eigenvalue weighted by Crippen LogP contribution is 2.29. The first-order valence-electron chi connectivity index (χ1n) is 10.8. The molecule has 1 amide bonds. The molecule has 34 heavy (non-hydrogen) atoms. The number of aryl methyl sites for hydroxylation is 2. The maximum absolute atomic E-state index is 12.5. The van der Waals surface area contributed by atoms with Gasteiger partial charge in [0.15, 0.2) is 11.2 Å². The molecule has 0 aliphatic heterocycles. The lowest BCUT2D eigenvalue weighted by Crippen LogP contribution is -2.38. The van der Waals surface area contributed by atoms with Crippen LogP contribution in [0.1, 0.15) is 12.5 Å². The molecule has 3 heterocycles. The third kappa shape index (κ3) is 3.31. The molecule has 0 atom stereocenters. The minimum Gasteiger partial charge on any atom is -0.341 e. The van der Waals surface area contributed by atoms with Crippen LogP contribution in [0.25, 0.3) is 33.0 Å². The molecular weight excluding hydrogens is 434 g/mol. The number of benzene rings is 2. The van der Waals surface area contributed by atoms with Crippen molar-refractivity contribution in [3.63, 3.8) is 0 Å². The summed E-state index contributed by atoms with van der Waals surface area (Å²) in [5.74, 6) is -0.421. The second-order valence-electron chi connectivity index (χ2n) is 8.08. The molecule has 0 radical (unpaired) electrons. The average molecular weight is 457 g/mol. The fraction of sp³-hybridized carbons (Fsp3) is 0.208. The molecule has 2 aromatic carbocycles. The lowest BCUT2D eigenvalue weighted by atomic mass is 10.1. The van der Waals surface area contributed by atoms with Crippen LogP contribution >= 0.6 is 0 Å². The first kappa shape index (κ1) is 21.4. The van der Waals surface area contributed by atoms with E-state index in [1.54, 1.807) is 6.21 Å². The third-order valence-corrected chi connectivity index (χ3v) is 6.05. The smallest absolute Gasteiger partial charge is 0.332 e. The molecule has 172 valence electrons. The molecule has 3 aromatic heterocycles. The third-order valence-electron chi connectivity index (χ3n) is 6.05. The number of hydrogen-bond acceptors (Lipinski definition) is 5. The van der Waals surface area contributed by atoms with Gasteiger partial charge in [0.05, 0.1) is 12.5 Å². The van der Waals surface area contributed by atoms with Crippen LogP contribution in [0.4, 0.5) is 0 Å². The number of hydrogen-bond donors (Lipinski definition) is 1. The first-order chi connectivity index (χ1) is 16.4. The topological polar surface area (TPSA) is 108 Å². The molecule has 5 aromatic rings. The highest BCUT2D eigenvalue weighted by Gasteiger charge is 2.16. The van der Waals surface area contributed by atoms with Crippen molar-refractivity contribution >= 4 is 45.1 Å². The van der Waals surface area contributed by atoms with Crippen LogP contribution in [-0.4, -0.2) is 35.4 Å². The summed E-state index contributed by atoms with van der Waals surface area (Å²) in [6.45, 7) is 2.83. The number of hydrazone groups is 1. The summed E-state index contributed by atoms with van der Waals surface area (Å²) in [5, 5.41) is 6.38. The van der Waals surface area contributed by atoms with Crippen LogP contribution in [0.2, 0.25) is 0 Å². The number of nitrogens with one attached hydrogen (secondary N) is 1. The van der Waals surface area contributed by atoms with Crippen LogP contribution in [-0.2, 0) is 32.0 Å². The van der Waals surface area contributed by atoms with Crippen molar-refractivity contribution in [2.24, 2.45) is 19.2 Å². The number of amides is 1. The van der Waals surface area contributed by atoms with Gasteiger partial charge < -0.3 is 9.13 Å². The van der Waals surface area contributed by atoms with Crippen molar-refractivity contribution < 1.29 is 4.79 Å². The molecule has 0 bridgehead atoms. The van der Waals surface area contributed by atoms with Crippen LogP contribution in [0, 0.1) is 0 Å². The molecule has 0 aliphatic carbocycles. The maximum Gasteiger partial charge on any atom is 0.332 e. The molecule has 0 spiro atoms. The van der Waals surface area contributed by atoms with E-state index in [0.717, 1.165) is 27.6 Å². The van der Waals surface area contributed by atoms with Gasteiger partial charge in [-0.25, -0.2) is 15.2 Å². The molecule has 10 nitrogen and oxygen atoms in total. The van der Waals surface area contributed by atoms with E-state index >= 15 is 0 Å². The molecular formula is C24H23N7O3.